The fourth-order valence-electron chi connectivity index (χ4n) is 0.690. The Balaban J connectivity index is 2.90. The Morgan fingerprint density at radius 1 is 1.64 bits per heavy atom. The van der Waals surface area contributed by atoms with Crippen molar-refractivity contribution in [3.63, 3.8) is 0 Å². The van der Waals surface area contributed by atoms with Crippen molar-refractivity contribution >= 4 is 6.08 Å². The molecule has 0 spiro atoms. The van der Waals surface area contributed by atoms with Gasteiger partial charge in [0.1, 0.15) is 5.82 Å². The quantitative estimate of drug-likeness (QED) is 0.560. The number of aromatic nitrogens is 2. The van der Waals surface area contributed by atoms with Crippen molar-refractivity contribution in [3.8, 4) is 6.07 Å². The zero-order valence-electron chi connectivity index (χ0n) is 6.15. The summed E-state index contributed by atoms with van der Waals surface area (Å²) in [4.78, 5) is 7.98. The van der Waals surface area contributed by atoms with E-state index in [0.717, 1.165) is 5.69 Å². The summed E-state index contributed by atoms with van der Waals surface area (Å²) in [6.45, 7) is 1.81. The van der Waals surface area contributed by atoms with Crippen molar-refractivity contribution < 1.29 is 0 Å². The van der Waals surface area contributed by atoms with Crippen LogP contribution in [0.5, 0.6) is 0 Å². The molecule has 0 atom stereocenters. The molecular weight excluding hydrogens is 138 g/mol. The first-order chi connectivity index (χ1) is 5.33. The van der Waals surface area contributed by atoms with E-state index in [1.807, 2.05) is 13.0 Å². The van der Waals surface area contributed by atoms with Crippen LogP contribution < -0.4 is 0 Å². The summed E-state index contributed by atoms with van der Waals surface area (Å²) in [5.41, 5.74) is 0.763. The molecule has 3 heteroatoms. The smallest absolute Gasteiger partial charge is 0.125 e. The number of rotatable bonds is 1. The van der Waals surface area contributed by atoms with Crippen molar-refractivity contribution in [2.24, 2.45) is 0 Å². The third kappa shape index (κ3) is 2.18. The summed E-state index contributed by atoms with van der Waals surface area (Å²) < 4.78 is 0. The van der Waals surface area contributed by atoms with Gasteiger partial charge in [0, 0.05) is 12.3 Å². The summed E-state index contributed by atoms with van der Waals surface area (Å²) in [6.07, 6.45) is 4.70. The maximum atomic E-state index is 8.22. The highest BCUT2D eigenvalue weighted by molar-refractivity contribution is 5.46. The molecule has 1 aromatic heterocycles. The molecular formula is C8H7N3. The van der Waals surface area contributed by atoms with Gasteiger partial charge in [0.05, 0.1) is 11.8 Å². The van der Waals surface area contributed by atoms with E-state index in [9.17, 15) is 0 Å². The zero-order chi connectivity index (χ0) is 8.10. The Morgan fingerprint density at radius 3 is 3.09 bits per heavy atom. The van der Waals surface area contributed by atoms with Crippen LogP contribution in [0.25, 0.3) is 6.08 Å². The fourth-order valence-corrected chi connectivity index (χ4v) is 0.690. The highest BCUT2D eigenvalue weighted by Gasteiger charge is 1.87. The van der Waals surface area contributed by atoms with Crippen molar-refractivity contribution in [2.75, 3.05) is 0 Å². The highest BCUT2D eigenvalue weighted by Crippen LogP contribution is 1.96. The second-order valence-electron chi connectivity index (χ2n) is 1.99. The second-order valence-corrected chi connectivity index (χ2v) is 1.99. The molecule has 0 N–H and O–H groups in total. The minimum Gasteiger partial charge on any atom is -0.242 e. The maximum absolute atomic E-state index is 8.22. The van der Waals surface area contributed by atoms with Crippen LogP contribution in [0.3, 0.4) is 0 Å². The van der Waals surface area contributed by atoms with Crippen LogP contribution in [0.15, 0.2) is 18.3 Å². The van der Waals surface area contributed by atoms with Crippen LogP contribution in [0, 0.1) is 18.3 Å². The van der Waals surface area contributed by atoms with Gasteiger partial charge in [-0.1, -0.05) is 0 Å². The third-order valence-corrected chi connectivity index (χ3v) is 1.13. The topological polar surface area (TPSA) is 49.6 Å². The molecule has 0 fully saturated rings. The normalized spacial score (nSPS) is 9.82. The van der Waals surface area contributed by atoms with Gasteiger partial charge in [0.25, 0.3) is 0 Å². The monoisotopic (exact) mass is 145 g/mol. The highest BCUT2D eigenvalue weighted by atomic mass is 14.9. The molecule has 0 aromatic carbocycles. The molecule has 1 aromatic rings. The Bertz CT molecular complexity index is 309. The predicted molar refractivity (Wildman–Crippen MR) is 41.4 cm³/mol. The average molecular weight is 145 g/mol. The molecule has 0 radical (unpaired) electrons. The van der Waals surface area contributed by atoms with E-state index in [2.05, 4.69) is 9.97 Å². The number of hydrogen-bond donors (Lipinski definition) is 0. The van der Waals surface area contributed by atoms with Crippen molar-refractivity contribution in [1.29, 1.82) is 5.26 Å². The minimum absolute atomic E-state index is 0.713. The first-order valence-corrected chi connectivity index (χ1v) is 3.19. The summed E-state index contributed by atoms with van der Waals surface area (Å²) in [6, 6.07) is 3.65. The van der Waals surface area contributed by atoms with Gasteiger partial charge in [-0.3, -0.25) is 0 Å². The van der Waals surface area contributed by atoms with Gasteiger partial charge in [-0.15, -0.1) is 0 Å². The lowest BCUT2D eigenvalue weighted by Crippen LogP contribution is -1.87. The van der Waals surface area contributed by atoms with Crippen LogP contribution in [0.2, 0.25) is 0 Å². The van der Waals surface area contributed by atoms with E-state index >= 15 is 0 Å². The van der Waals surface area contributed by atoms with Crippen LogP contribution in [-0.2, 0) is 0 Å². The van der Waals surface area contributed by atoms with Gasteiger partial charge < -0.3 is 0 Å². The summed E-state index contributed by atoms with van der Waals surface area (Å²) >= 11 is 0. The van der Waals surface area contributed by atoms with Crippen LogP contribution in [-0.4, -0.2) is 9.97 Å². The van der Waals surface area contributed by atoms with E-state index in [1.54, 1.807) is 18.3 Å². The molecule has 0 unspecified atom stereocenters. The standard InChI is InChI=1S/C8H7N3/c1-7-10-6-4-8(11-7)3-2-5-9/h2-4,6H,1H3/b3-2+. The molecule has 54 valence electrons. The summed E-state index contributed by atoms with van der Waals surface area (Å²) in [5, 5.41) is 8.22. The average Bonchev–Trinajstić information content (AvgIpc) is 2.01. The molecule has 1 rings (SSSR count). The van der Waals surface area contributed by atoms with Gasteiger partial charge in [-0.25, -0.2) is 9.97 Å². The third-order valence-electron chi connectivity index (χ3n) is 1.13. The van der Waals surface area contributed by atoms with Crippen molar-refractivity contribution in [2.45, 2.75) is 6.92 Å². The lowest BCUT2D eigenvalue weighted by molar-refractivity contribution is 1.04. The summed E-state index contributed by atoms with van der Waals surface area (Å²) in [5.74, 6) is 0.713. The minimum atomic E-state index is 0.713. The predicted octanol–water partition coefficient (Wildman–Crippen LogP) is 1.32. The number of aryl methyl sites for hydroxylation is 1. The molecule has 0 saturated heterocycles. The first-order valence-electron chi connectivity index (χ1n) is 3.19. The molecule has 0 bridgehead atoms. The molecule has 0 aliphatic carbocycles. The van der Waals surface area contributed by atoms with Crippen molar-refractivity contribution in [1.82, 2.24) is 9.97 Å². The molecule has 0 aliphatic heterocycles. The molecule has 0 aliphatic rings. The molecule has 3 nitrogen and oxygen atoms in total. The molecule has 11 heavy (non-hydrogen) atoms. The Kier molecular flexibility index (Phi) is 2.34. The van der Waals surface area contributed by atoms with E-state index in [-0.39, 0.29) is 0 Å². The van der Waals surface area contributed by atoms with E-state index < -0.39 is 0 Å². The van der Waals surface area contributed by atoms with Gasteiger partial charge >= 0.3 is 0 Å². The van der Waals surface area contributed by atoms with E-state index in [0.29, 0.717) is 5.82 Å². The number of allylic oxidation sites excluding steroid dienone is 1. The van der Waals surface area contributed by atoms with Crippen LogP contribution in [0.4, 0.5) is 0 Å². The van der Waals surface area contributed by atoms with E-state index in [4.69, 9.17) is 5.26 Å². The largest absolute Gasteiger partial charge is 0.242 e. The van der Waals surface area contributed by atoms with Crippen LogP contribution >= 0.6 is 0 Å². The van der Waals surface area contributed by atoms with Crippen molar-refractivity contribution in [3.05, 3.63) is 29.9 Å². The molecule has 0 amide bonds. The molecule has 0 saturated carbocycles. The Hall–Kier alpha value is -1.69. The van der Waals surface area contributed by atoms with E-state index in [1.165, 1.54) is 6.08 Å². The fraction of sp³-hybridized carbons (Fsp3) is 0.125. The first kappa shape index (κ1) is 7.42. The second kappa shape index (κ2) is 3.47. The lowest BCUT2D eigenvalue weighted by Gasteiger charge is -1.91. The van der Waals surface area contributed by atoms with Gasteiger partial charge in [0.15, 0.2) is 0 Å². The lowest BCUT2D eigenvalue weighted by atomic mass is 10.3. The van der Waals surface area contributed by atoms with Crippen LogP contribution in [0.1, 0.15) is 11.5 Å². The molecule has 1 heterocycles. The number of nitrogens with zero attached hydrogens (tertiary/aromatic N) is 3. The Labute approximate surface area is 65.0 Å². The van der Waals surface area contributed by atoms with Gasteiger partial charge in [-0.2, -0.15) is 5.26 Å². The summed E-state index contributed by atoms with van der Waals surface area (Å²) in [7, 11) is 0. The zero-order valence-corrected chi connectivity index (χ0v) is 6.15. The SMILES string of the molecule is Cc1nccc(/C=C/C#N)n1. The Morgan fingerprint density at radius 2 is 2.45 bits per heavy atom. The maximum Gasteiger partial charge on any atom is 0.125 e. The van der Waals surface area contributed by atoms with Gasteiger partial charge in [-0.05, 0) is 19.1 Å². The number of nitriles is 1. The number of hydrogen-bond acceptors (Lipinski definition) is 3. The van der Waals surface area contributed by atoms with Gasteiger partial charge in [0.2, 0.25) is 0 Å².